The molecule has 102 valence electrons. The van der Waals surface area contributed by atoms with Gasteiger partial charge in [-0.25, -0.2) is 4.68 Å². The number of hydrogen-bond donors (Lipinski definition) is 1. The molecule has 20 heavy (non-hydrogen) atoms. The van der Waals surface area contributed by atoms with Gasteiger partial charge in [0.1, 0.15) is 11.6 Å². The quantitative estimate of drug-likeness (QED) is 0.900. The van der Waals surface area contributed by atoms with E-state index in [2.05, 4.69) is 16.1 Å². The van der Waals surface area contributed by atoms with Gasteiger partial charge in [-0.15, -0.1) is 0 Å². The van der Waals surface area contributed by atoms with Crippen molar-refractivity contribution in [2.45, 2.75) is 18.9 Å². The van der Waals surface area contributed by atoms with Crippen LogP contribution in [0.25, 0.3) is 5.69 Å². The first-order valence-corrected chi connectivity index (χ1v) is 6.61. The maximum Gasteiger partial charge on any atom is 0.104 e. The summed E-state index contributed by atoms with van der Waals surface area (Å²) in [6.45, 7) is 3.13. The molecular weight excluding hydrogens is 252 g/mol. The molecular formula is C15H16N4O. The zero-order valence-electron chi connectivity index (χ0n) is 11.3. The highest BCUT2D eigenvalue weighted by Gasteiger charge is 2.32. The molecule has 0 aliphatic carbocycles. The van der Waals surface area contributed by atoms with E-state index in [9.17, 15) is 10.4 Å². The van der Waals surface area contributed by atoms with Gasteiger partial charge in [-0.1, -0.05) is 6.07 Å². The van der Waals surface area contributed by atoms with Crippen molar-refractivity contribution >= 4 is 5.69 Å². The summed E-state index contributed by atoms with van der Waals surface area (Å²) in [7, 11) is 0. The second kappa shape index (κ2) is 4.66. The predicted octanol–water partition coefficient (Wildman–Crippen LogP) is 1.71. The van der Waals surface area contributed by atoms with Crippen LogP contribution in [-0.2, 0) is 0 Å². The van der Waals surface area contributed by atoms with Crippen molar-refractivity contribution < 1.29 is 5.11 Å². The maximum atomic E-state index is 10.1. The molecule has 3 rings (SSSR count). The van der Waals surface area contributed by atoms with E-state index in [1.165, 1.54) is 0 Å². The van der Waals surface area contributed by atoms with Crippen LogP contribution in [0.2, 0.25) is 0 Å². The van der Waals surface area contributed by atoms with Crippen LogP contribution in [0.4, 0.5) is 5.69 Å². The molecule has 1 unspecified atom stereocenters. The van der Waals surface area contributed by atoms with Gasteiger partial charge in [0.2, 0.25) is 0 Å². The summed E-state index contributed by atoms with van der Waals surface area (Å²) in [5.74, 6) is 0. The van der Waals surface area contributed by atoms with Crippen LogP contribution in [0.5, 0.6) is 0 Å². The summed E-state index contributed by atoms with van der Waals surface area (Å²) >= 11 is 0. The van der Waals surface area contributed by atoms with Crippen LogP contribution in [0, 0.1) is 11.3 Å². The number of benzene rings is 1. The van der Waals surface area contributed by atoms with Gasteiger partial charge >= 0.3 is 0 Å². The third-order valence-corrected chi connectivity index (χ3v) is 3.68. The number of aliphatic hydroxyl groups is 1. The standard InChI is InChI=1S/C15H16N4O/c1-15(20)6-9-18(11-15)13-4-2-5-14(12(13)10-16)19-8-3-7-17-19/h2-5,7-8,20H,6,9,11H2,1H3. The van der Waals surface area contributed by atoms with E-state index in [1.54, 1.807) is 10.9 Å². The monoisotopic (exact) mass is 268 g/mol. The molecule has 1 N–H and O–H groups in total. The van der Waals surface area contributed by atoms with Gasteiger partial charge in [-0.3, -0.25) is 0 Å². The average molecular weight is 268 g/mol. The molecule has 5 nitrogen and oxygen atoms in total. The lowest BCUT2D eigenvalue weighted by Gasteiger charge is -2.22. The van der Waals surface area contributed by atoms with Gasteiger partial charge in [-0.05, 0) is 31.5 Å². The molecule has 2 heterocycles. The van der Waals surface area contributed by atoms with Crippen molar-refractivity contribution in [1.82, 2.24) is 9.78 Å². The van der Waals surface area contributed by atoms with E-state index in [0.29, 0.717) is 18.5 Å². The lowest BCUT2D eigenvalue weighted by atomic mass is 10.1. The highest BCUT2D eigenvalue weighted by atomic mass is 16.3. The summed E-state index contributed by atoms with van der Waals surface area (Å²) in [5, 5.41) is 23.8. The fourth-order valence-electron chi connectivity index (χ4n) is 2.66. The minimum atomic E-state index is -0.686. The van der Waals surface area contributed by atoms with E-state index < -0.39 is 5.60 Å². The first kappa shape index (κ1) is 12.7. The fourth-order valence-corrected chi connectivity index (χ4v) is 2.66. The summed E-state index contributed by atoms with van der Waals surface area (Å²) in [6, 6.07) is 9.82. The molecule has 0 radical (unpaired) electrons. The molecule has 0 saturated carbocycles. The Morgan fingerprint density at radius 2 is 2.15 bits per heavy atom. The zero-order chi connectivity index (χ0) is 14.2. The highest BCUT2D eigenvalue weighted by molar-refractivity contribution is 5.68. The Hall–Kier alpha value is -2.32. The van der Waals surface area contributed by atoms with E-state index in [4.69, 9.17) is 0 Å². The SMILES string of the molecule is CC1(O)CCN(c2cccc(-n3cccn3)c2C#N)C1. The molecule has 5 heteroatoms. The number of anilines is 1. The Kier molecular flexibility index (Phi) is 2.96. The Morgan fingerprint density at radius 1 is 1.35 bits per heavy atom. The van der Waals surface area contributed by atoms with Gasteiger partial charge in [0.25, 0.3) is 0 Å². The predicted molar refractivity (Wildman–Crippen MR) is 75.7 cm³/mol. The Balaban J connectivity index is 2.05. The van der Waals surface area contributed by atoms with Gasteiger partial charge in [0.05, 0.1) is 17.0 Å². The molecule has 0 spiro atoms. The molecule has 1 aromatic heterocycles. The van der Waals surface area contributed by atoms with Crippen LogP contribution in [0.1, 0.15) is 18.9 Å². The van der Waals surface area contributed by atoms with Crippen molar-refractivity contribution in [2.24, 2.45) is 0 Å². The summed E-state index contributed by atoms with van der Waals surface area (Å²) in [6.07, 6.45) is 4.22. The fraction of sp³-hybridized carbons (Fsp3) is 0.333. The van der Waals surface area contributed by atoms with Crippen molar-refractivity contribution in [3.8, 4) is 11.8 Å². The van der Waals surface area contributed by atoms with Gasteiger partial charge in [-0.2, -0.15) is 10.4 Å². The third-order valence-electron chi connectivity index (χ3n) is 3.68. The van der Waals surface area contributed by atoms with Crippen LogP contribution in [-0.4, -0.2) is 33.6 Å². The lowest BCUT2D eigenvalue weighted by molar-refractivity contribution is 0.0839. The summed E-state index contributed by atoms with van der Waals surface area (Å²) < 4.78 is 1.69. The van der Waals surface area contributed by atoms with Crippen LogP contribution in [0.15, 0.2) is 36.7 Å². The minimum absolute atomic E-state index is 0.546. The van der Waals surface area contributed by atoms with E-state index >= 15 is 0 Å². The third kappa shape index (κ3) is 2.15. The van der Waals surface area contributed by atoms with Crippen LogP contribution < -0.4 is 4.90 Å². The number of hydrogen-bond acceptors (Lipinski definition) is 4. The molecule has 1 aliphatic rings. The van der Waals surface area contributed by atoms with E-state index in [-0.39, 0.29) is 0 Å². The number of aromatic nitrogens is 2. The van der Waals surface area contributed by atoms with Gasteiger partial charge < -0.3 is 10.0 Å². The number of nitriles is 1. The Labute approximate surface area is 117 Å². The van der Waals surface area contributed by atoms with Crippen molar-refractivity contribution in [3.63, 3.8) is 0 Å². The van der Waals surface area contributed by atoms with Crippen molar-refractivity contribution in [3.05, 3.63) is 42.2 Å². The Bertz CT molecular complexity index is 655. The molecule has 0 amide bonds. The smallest absolute Gasteiger partial charge is 0.104 e. The molecule has 1 aliphatic heterocycles. The summed E-state index contributed by atoms with van der Waals surface area (Å²) in [5.41, 5.74) is 1.53. The maximum absolute atomic E-state index is 10.1. The molecule has 1 saturated heterocycles. The van der Waals surface area contributed by atoms with Crippen LogP contribution >= 0.6 is 0 Å². The second-order valence-corrected chi connectivity index (χ2v) is 5.40. The zero-order valence-corrected chi connectivity index (χ0v) is 11.3. The molecule has 1 fully saturated rings. The normalized spacial score (nSPS) is 21.9. The first-order valence-electron chi connectivity index (χ1n) is 6.61. The Morgan fingerprint density at radius 3 is 2.75 bits per heavy atom. The average Bonchev–Trinajstić information content (AvgIpc) is 3.07. The molecule has 0 bridgehead atoms. The van der Waals surface area contributed by atoms with Gasteiger partial charge in [0, 0.05) is 25.5 Å². The summed E-state index contributed by atoms with van der Waals surface area (Å²) in [4.78, 5) is 2.06. The first-order chi connectivity index (χ1) is 9.61. The van der Waals surface area contributed by atoms with E-state index in [1.807, 2.05) is 37.4 Å². The minimum Gasteiger partial charge on any atom is -0.388 e. The second-order valence-electron chi connectivity index (χ2n) is 5.40. The molecule has 2 aromatic rings. The number of β-amino-alcohol motifs (C(OH)–C–C–N with tert-alkyl or cyclic N) is 1. The topological polar surface area (TPSA) is 65.1 Å². The van der Waals surface area contributed by atoms with Crippen LogP contribution in [0.3, 0.4) is 0 Å². The van der Waals surface area contributed by atoms with E-state index in [0.717, 1.165) is 17.9 Å². The largest absolute Gasteiger partial charge is 0.388 e. The molecule has 1 aromatic carbocycles. The van der Waals surface area contributed by atoms with Crippen molar-refractivity contribution in [1.29, 1.82) is 5.26 Å². The number of rotatable bonds is 2. The lowest BCUT2D eigenvalue weighted by Crippen LogP contribution is -2.30. The number of nitrogens with zero attached hydrogens (tertiary/aromatic N) is 4. The molecule has 1 atom stereocenters. The van der Waals surface area contributed by atoms with Gasteiger partial charge in [0.15, 0.2) is 0 Å². The highest BCUT2D eigenvalue weighted by Crippen LogP contribution is 2.31. The van der Waals surface area contributed by atoms with Crippen molar-refractivity contribution in [2.75, 3.05) is 18.0 Å².